The minimum atomic E-state index is -0.0326. The highest BCUT2D eigenvalue weighted by molar-refractivity contribution is 5.69. The zero-order valence-electron chi connectivity index (χ0n) is 20.4. The van der Waals surface area contributed by atoms with Crippen LogP contribution in [0.25, 0.3) is 0 Å². The van der Waals surface area contributed by atoms with E-state index in [0.717, 1.165) is 51.4 Å². The molecule has 4 heteroatoms. The van der Waals surface area contributed by atoms with Crippen LogP contribution >= 0.6 is 0 Å². The Hall–Kier alpha value is -1.06. The van der Waals surface area contributed by atoms with Gasteiger partial charge in [-0.2, -0.15) is 0 Å². The molecule has 4 nitrogen and oxygen atoms in total. The van der Waals surface area contributed by atoms with E-state index >= 15 is 0 Å². The smallest absolute Gasteiger partial charge is 0.305 e. The molecule has 0 heterocycles. The molecule has 0 aliphatic rings. The van der Waals surface area contributed by atoms with Crippen molar-refractivity contribution in [2.75, 3.05) is 13.2 Å². The van der Waals surface area contributed by atoms with Gasteiger partial charge in [0.05, 0.1) is 13.2 Å². The minimum absolute atomic E-state index is 0.0257. The number of carbonyl (C=O) groups is 2. The molecule has 0 aliphatic heterocycles. The SMILES string of the molecule is CCCCCCOC(=O)CCCCCCCC(CC)CCC(=O)OCCCCCC. The molecular formula is C26H50O4. The van der Waals surface area contributed by atoms with Gasteiger partial charge in [0.2, 0.25) is 0 Å². The van der Waals surface area contributed by atoms with E-state index in [-0.39, 0.29) is 11.9 Å². The molecule has 0 saturated heterocycles. The van der Waals surface area contributed by atoms with Gasteiger partial charge in [-0.3, -0.25) is 9.59 Å². The van der Waals surface area contributed by atoms with Crippen LogP contribution in [0.4, 0.5) is 0 Å². The van der Waals surface area contributed by atoms with Crippen LogP contribution in [-0.4, -0.2) is 25.2 Å². The van der Waals surface area contributed by atoms with Gasteiger partial charge in [-0.05, 0) is 31.6 Å². The second kappa shape index (κ2) is 22.6. The predicted octanol–water partition coefficient (Wildman–Crippen LogP) is 7.77. The van der Waals surface area contributed by atoms with E-state index in [1.54, 1.807) is 0 Å². The Kier molecular flexibility index (Phi) is 21.8. The van der Waals surface area contributed by atoms with Crippen LogP contribution in [0.3, 0.4) is 0 Å². The fourth-order valence-electron chi connectivity index (χ4n) is 3.68. The number of carbonyl (C=O) groups excluding carboxylic acids is 2. The van der Waals surface area contributed by atoms with E-state index < -0.39 is 0 Å². The van der Waals surface area contributed by atoms with E-state index in [1.807, 2.05) is 0 Å². The Labute approximate surface area is 186 Å². The maximum Gasteiger partial charge on any atom is 0.305 e. The van der Waals surface area contributed by atoms with Crippen LogP contribution in [-0.2, 0) is 19.1 Å². The molecule has 1 unspecified atom stereocenters. The molecule has 0 N–H and O–H groups in total. The van der Waals surface area contributed by atoms with Crippen LogP contribution in [0.5, 0.6) is 0 Å². The fraction of sp³-hybridized carbons (Fsp3) is 0.923. The molecule has 0 aromatic carbocycles. The first-order valence-corrected chi connectivity index (χ1v) is 12.9. The highest BCUT2D eigenvalue weighted by atomic mass is 16.5. The molecule has 0 spiro atoms. The summed E-state index contributed by atoms with van der Waals surface area (Å²) in [6, 6.07) is 0. The third kappa shape index (κ3) is 20.2. The average Bonchev–Trinajstić information content (AvgIpc) is 2.74. The predicted molar refractivity (Wildman–Crippen MR) is 126 cm³/mol. The van der Waals surface area contributed by atoms with Crippen LogP contribution < -0.4 is 0 Å². The second-order valence-corrected chi connectivity index (χ2v) is 8.68. The standard InChI is InChI=1S/C26H50O4/c1-4-7-9-16-22-29-25(27)19-15-13-11-12-14-18-24(6-3)20-21-26(28)30-23-17-10-8-5-2/h24H,4-23H2,1-3H3. The first-order valence-electron chi connectivity index (χ1n) is 12.9. The summed E-state index contributed by atoms with van der Waals surface area (Å²) in [4.78, 5) is 23.5. The van der Waals surface area contributed by atoms with Crippen molar-refractivity contribution in [2.24, 2.45) is 5.92 Å². The average molecular weight is 427 g/mol. The third-order valence-electron chi connectivity index (χ3n) is 5.85. The molecule has 0 aromatic heterocycles. The molecule has 0 fully saturated rings. The van der Waals surface area contributed by atoms with Gasteiger partial charge in [-0.15, -0.1) is 0 Å². The normalized spacial score (nSPS) is 12.0. The summed E-state index contributed by atoms with van der Waals surface area (Å²) in [5.74, 6) is 0.567. The fourth-order valence-corrected chi connectivity index (χ4v) is 3.68. The summed E-state index contributed by atoms with van der Waals surface area (Å²) in [7, 11) is 0. The van der Waals surface area contributed by atoms with E-state index in [0.29, 0.717) is 32.0 Å². The van der Waals surface area contributed by atoms with Crippen molar-refractivity contribution in [3.05, 3.63) is 0 Å². The summed E-state index contributed by atoms with van der Waals surface area (Å²) in [5, 5.41) is 0. The Balaban J connectivity index is 3.53. The largest absolute Gasteiger partial charge is 0.466 e. The molecule has 1 atom stereocenters. The monoisotopic (exact) mass is 426 g/mol. The van der Waals surface area contributed by atoms with Crippen molar-refractivity contribution in [3.63, 3.8) is 0 Å². The van der Waals surface area contributed by atoms with Gasteiger partial charge >= 0.3 is 11.9 Å². The van der Waals surface area contributed by atoms with Gasteiger partial charge < -0.3 is 9.47 Å². The van der Waals surface area contributed by atoms with E-state index in [1.165, 1.54) is 51.4 Å². The number of rotatable bonds is 22. The number of esters is 2. The minimum Gasteiger partial charge on any atom is -0.466 e. The molecule has 30 heavy (non-hydrogen) atoms. The molecule has 0 amide bonds. The van der Waals surface area contributed by atoms with Crippen molar-refractivity contribution in [1.29, 1.82) is 0 Å². The van der Waals surface area contributed by atoms with Crippen molar-refractivity contribution in [2.45, 2.75) is 136 Å². The van der Waals surface area contributed by atoms with Crippen molar-refractivity contribution >= 4 is 11.9 Å². The lowest BCUT2D eigenvalue weighted by atomic mass is 9.93. The molecule has 0 radical (unpaired) electrons. The Morgan fingerprint density at radius 3 is 1.63 bits per heavy atom. The number of hydrogen-bond donors (Lipinski definition) is 0. The third-order valence-corrected chi connectivity index (χ3v) is 5.85. The summed E-state index contributed by atoms with van der Waals surface area (Å²) in [5.41, 5.74) is 0. The maximum absolute atomic E-state index is 11.9. The number of hydrogen-bond acceptors (Lipinski definition) is 4. The van der Waals surface area contributed by atoms with Crippen LogP contribution in [0.2, 0.25) is 0 Å². The molecule has 0 aromatic rings. The summed E-state index contributed by atoms with van der Waals surface area (Å²) < 4.78 is 10.6. The lowest BCUT2D eigenvalue weighted by molar-refractivity contribution is -0.145. The van der Waals surface area contributed by atoms with E-state index in [9.17, 15) is 9.59 Å². The van der Waals surface area contributed by atoms with Gasteiger partial charge in [-0.1, -0.05) is 97.8 Å². The Bertz CT molecular complexity index is 394. The summed E-state index contributed by atoms with van der Waals surface area (Å²) in [6.07, 6.45) is 19.2. The van der Waals surface area contributed by atoms with E-state index in [2.05, 4.69) is 20.8 Å². The lowest BCUT2D eigenvalue weighted by Crippen LogP contribution is -2.09. The molecule has 0 saturated carbocycles. The van der Waals surface area contributed by atoms with Gasteiger partial charge in [0, 0.05) is 12.8 Å². The quantitative estimate of drug-likeness (QED) is 0.131. The number of unbranched alkanes of at least 4 members (excludes halogenated alkanes) is 10. The highest BCUT2D eigenvalue weighted by Crippen LogP contribution is 2.20. The molecule has 178 valence electrons. The van der Waals surface area contributed by atoms with Crippen molar-refractivity contribution in [1.82, 2.24) is 0 Å². The van der Waals surface area contributed by atoms with Gasteiger partial charge in [0.1, 0.15) is 0 Å². The Morgan fingerprint density at radius 2 is 1.07 bits per heavy atom. The second-order valence-electron chi connectivity index (χ2n) is 8.68. The summed E-state index contributed by atoms with van der Waals surface area (Å²) in [6.45, 7) is 7.76. The topological polar surface area (TPSA) is 52.6 Å². The number of ether oxygens (including phenoxy) is 2. The zero-order chi connectivity index (χ0) is 22.3. The summed E-state index contributed by atoms with van der Waals surface area (Å²) >= 11 is 0. The Morgan fingerprint density at radius 1 is 0.567 bits per heavy atom. The van der Waals surface area contributed by atoms with Crippen LogP contribution in [0.1, 0.15) is 136 Å². The first kappa shape index (κ1) is 28.9. The van der Waals surface area contributed by atoms with Gasteiger partial charge in [0.25, 0.3) is 0 Å². The van der Waals surface area contributed by atoms with Crippen LogP contribution in [0, 0.1) is 5.92 Å². The molecule has 0 bridgehead atoms. The highest BCUT2D eigenvalue weighted by Gasteiger charge is 2.10. The molecule has 0 rings (SSSR count). The zero-order valence-corrected chi connectivity index (χ0v) is 20.4. The molecular weight excluding hydrogens is 376 g/mol. The maximum atomic E-state index is 11.9. The molecule has 0 aliphatic carbocycles. The van der Waals surface area contributed by atoms with E-state index in [4.69, 9.17) is 9.47 Å². The lowest BCUT2D eigenvalue weighted by Gasteiger charge is -2.14. The van der Waals surface area contributed by atoms with Crippen molar-refractivity contribution < 1.29 is 19.1 Å². The van der Waals surface area contributed by atoms with Gasteiger partial charge in [0.15, 0.2) is 0 Å². The first-order chi connectivity index (χ1) is 14.6. The van der Waals surface area contributed by atoms with Gasteiger partial charge in [-0.25, -0.2) is 0 Å². The van der Waals surface area contributed by atoms with Crippen molar-refractivity contribution in [3.8, 4) is 0 Å². The van der Waals surface area contributed by atoms with Crippen LogP contribution in [0.15, 0.2) is 0 Å².